The smallest absolute Gasteiger partial charge is 0.337 e. The van der Waals surface area contributed by atoms with Gasteiger partial charge in [-0.25, -0.2) is 9.48 Å². The van der Waals surface area contributed by atoms with E-state index in [1.807, 2.05) is 49.5 Å². The Bertz CT molecular complexity index is 810. The largest absolute Gasteiger partial charge is 0.478 e. The van der Waals surface area contributed by atoms with E-state index in [1.54, 1.807) is 23.0 Å². The molecule has 3 aromatic rings. The summed E-state index contributed by atoms with van der Waals surface area (Å²) in [6.07, 6.45) is 3.49. The van der Waals surface area contributed by atoms with Gasteiger partial charge in [-0.2, -0.15) is 5.10 Å². The SMILES string of the molecule is Cc1ccc(Nc2cnn(-c3ccccc3)c2)c(C(=O)O)c1. The van der Waals surface area contributed by atoms with Crippen molar-refractivity contribution in [3.63, 3.8) is 0 Å². The molecular weight excluding hydrogens is 278 g/mol. The van der Waals surface area contributed by atoms with Crippen LogP contribution in [0.2, 0.25) is 0 Å². The maximum atomic E-state index is 11.3. The number of carbonyl (C=O) groups is 1. The molecule has 1 heterocycles. The highest BCUT2D eigenvalue weighted by Gasteiger charge is 2.11. The molecule has 0 unspecified atom stereocenters. The third-order valence-electron chi connectivity index (χ3n) is 3.29. The van der Waals surface area contributed by atoms with Crippen molar-refractivity contribution in [3.05, 3.63) is 72.1 Å². The third kappa shape index (κ3) is 2.83. The zero-order chi connectivity index (χ0) is 15.5. The number of aromatic carboxylic acids is 1. The zero-order valence-corrected chi connectivity index (χ0v) is 12.0. The van der Waals surface area contributed by atoms with Crippen molar-refractivity contribution >= 4 is 17.3 Å². The lowest BCUT2D eigenvalue weighted by Gasteiger charge is -2.08. The van der Waals surface area contributed by atoms with Crippen molar-refractivity contribution in [3.8, 4) is 5.69 Å². The molecule has 0 saturated heterocycles. The topological polar surface area (TPSA) is 67.2 Å². The lowest BCUT2D eigenvalue weighted by Crippen LogP contribution is -2.02. The molecule has 0 atom stereocenters. The van der Waals surface area contributed by atoms with Crippen LogP contribution in [0.3, 0.4) is 0 Å². The van der Waals surface area contributed by atoms with Crippen LogP contribution >= 0.6 is 0 Å². The Labute approximate surface area is 127 Å². The Morgan fingerprint density at radius 1 is 1.18 bits per heavy atom. The van der Waals surface area contributed by atoms with Crippen molar-refractivity contribution in [1.82, 2.24) is 9.78 Å². The summed E-state index contributed by atoms with van der Waals surface area (Å²) in [5.41, 5.74) is 3.37. The van der Waals surface area contributed by atoms with Gasteiger partial charge in [-0.3, -0.25) is 0 Å². The molecule has 110 valence electrons. The number of aromatic nitrogens is 2. The molecule has 5 heteroatoms. The fraction of sp³-hybridized carbons (Fsp3) is 0.0588. The molecular formula is C17H15N3O2. The molecule has 0 aliphatic heterocycles. The molecule has 0 bridgehead atoms. The molecule has 0 fully saturated rings. The summed E-state index contributed by atoms with van der Waals surface area (Å²) in [4.78, 5) is 11.3. The maximum absolute atomic E-state index is 11.3. The lowest BCUT2D eigenvalue weighted by molar-refractivity contribution is 0.0698. The minimum Gasteiger partial charge on any atom is -0.478 e. The number of para-hydroxylation sites is 1. The molecule has 0 aliphatic carbocycles. The van der Waals surface area contributed by atoms with E-state index < -0.39 is 5.97 Å². The molecule has 1 aromatic heterocycles. The molecule has 22 heavy (non-hydrogen) atoms. The molecule has 0 aliphatic rings. The Hall–Kier alpha value is -3.08. The summed E-state index contributed by atoms with van der Waals surface area (Å²) < 4.78 is 1.73. The normalized spacial score (nSPS) is 10.4. The first kappa shape index (κ1) is 13.9. The number of carboxylic acids is 1. The third-order valence-corrected chi connectivity index (χ3v) is 3.29. The Morgan fingerprint density at radius 3 is 2.68 bits per heavy atom. The van der Waals surface area contributed by atoms with E-state index in [0.29, 0.717) is 5.69 Å². The van der Waals surface area contributed by atoms with Crippen LogP contribution in [0.1, 0.15) is 15.9 Å². The number of anilines is 2. The van der Waals surface area contributed by atoms with E-state index in [2.05, 4.69) is 10.4 Å². The van der Waals surface area contributed by atoms with Crippen molar-refractivity contribution in [2.45, 2.75) is 6.92 Å². The number of rotatable bonds is 4. The van der Waals surface area contributed by atoms with E-state index in [0.717, 1.165) is 16.9 Å². The number of carboxylic acid groups (broad SMARTS) is 1. The van der Waals surface area contributed by atoms with Gasteiger partial charge in [0, 0.05) is 0 Å². The fourth-order valence-corrected chi connectivity index (χ4v) is 2.21. The second-order valence-corrected chi connectivity index (χ2v) is 4.99. The predicted molar refractivity (Wildman–Crippen MR) is 85.0 cm³/mol. The van der Waals surface area contributed by atoms with E-state index in [9.17, 15) is 9.90 Å². The van der Waals surface area contributed by atoms with Crippen LogP contribution < -0.4 is 5.32 Å². The summed E-state index contributed by atoms with van der Waals surface area (Å²) >= 11 is 0. The maximum Gasteiger partial charge on any atom is 0.337 e. The van der Waals surface area contributed by atoms with Gasteiger partial charge in [0.1, 0.15) is 0 Å². The van der Waals surface area contributed by atoms with Crippen molar-refractivity contribution < 1.29 is 9.90 Å². The molecule has 0 amide bonds. The average Bonchev–Trinajstić information content (AvgIpc) is 2.98. The van der Waals surface area contributed by atoms with Crippen LogP contribution in [0.5, 0.6) is 0 Å². The molecule has 2 N–H and O–H groups in total. The van der Waals surface area contributed by atoms with Crippen molar-refractivity contribution in [2.24, 2.45) is 0 Å². The van der Waals surface area contributed by atoms with E-state index in [1.165, 1.54) is 0 Å². The molecule has 2 aromatic carbocycles. The minimum absolute atomic E-state index is 0.243. The van der Waals surface area contributed by atoms with Gasteiger partial charge in [0.2, 0.25) is 0 Å². The molecule has 0 radical (unpaired) electrons. The van der Waals surface area contributed by atoms with Crippen LogP contribution in [0, 0.1) is 6.92 Å². The van der Waals surface area contributed by atoms with Crippen molar-refractivity contribution in [2.75, 3.05) is 5.32 Å². The standard InChI is InChI=1S/C17H15N3O2/c1-12-7-8-16(15(9-12)17(21)22)19-13-10-18-20(11-13)14-5-3-2-4-6-14/h2-11,19H,1H3,(H,21,22). The fourth-order valence-electron chi connectivity index (χ4n) is 2.21. The predicted octanol–water partition coefficient (Wildman–Crippen LogP) is 3.62. The molecule has 3 rings (SSSR count). The number of hydrogen-bond acceptors (Lipinski definition) is 3. The van der Waals surface area contributed by atoms with Crippen LogP contribution in [0.4, 0.5) is 11.4 Å². The highest BCUT2D eigenvalue weighted by Crippen LogP contribution is 2.22. The monoisotopic (exact) mass is 293 g/mol. The van der Waals surface area contributed by atoms with Crippen LogP contribution in [-0.2, 0) is 0 Å². The van der Waals surface area contributed by atoms with Gasteiger partial charge in [-0.05, 0) is 31.2 Å². The molecule has 0 saturated carbocycles. The van der Waals surface area contributed by atoms with Gasteiger partial charge in [0.15, 0.2) is 0 Å². The number of nitrogens with zero attached hydrogens (tertiary/aromatic N) is 2. The Morgan fingerprint density at radius 2 is 1.95 bits per heavy atom. The Balaban J connectivity index is 1.89. The van der Waals surface area contributed by atoms with Gasteiger partial charge in [-0.15, -0.1) is 0 Å². The number of aryl methyl sites for hydroxylation is 1. The second-order valence-electron chi connectivity index (χ2n) is 4.99. The number of hydrogen-bond donors (Lipinski definition) is 2. The highest BCUT2D eigenvalue weighted by atomic mass is 16.4. The number of nitrogens with one attached hydrogen (secondary N) is 1. The quantitative estimate of drug-likeness (QED) is 0.771. The van der Waals surface area contributed by atoms with Gasteiger partial charge >= 0.3 is 5.97 Å². The van der Waals surface area contributed by atoms with E-state index >= 15 is 0 Å². The minimum atomic E-state index is -0.957. The van der Waals surface area contributed by atoms with Gasteiger partial charge in [0.25, 0.3) is 0 Å². The van der Waals surface area contributed by atoms with Crippen LogP contribution in [0.15, 0.2) is 60.9 Å². The number of benzene rings is 2. The summed E-state index contributed by atoms with van der Waals surface area (Å²) in [6, 6.07) is 15.0. The van der Waals surface area contributed by atoms with E-state index in [4.69, 9.17) is 0 Å². The van der Waals surface area contributed by atoms with Crippen LogP contribution in [-0.4, -0.2) is 20.9 Å². The lowest BCUT2D eigenvalue weighted by atomic mass is 10.1. The second kappa shape index (κ2) is 5.73. The van der Waals surface area contributed by atoms with Gasteiger partial charge in [-0.1, -0.05) is 29.8 Å². The van der Waals surface area contributed by atoms with Crippen molar-refractivity contribution in [1.29, 1.82) is 0 Å². The zero-order valence-electron chi connectivity index (χ0n) is 12.0. The average molecular weight is 293 g/mol. The summed E-state index contributed by atoms with van der Waals surface area (Å²) in [7, 11) is 0. The summed E-state index contributed by atoms with van der Waals surface area (Å²) in [5.74, 6) is -0.957. The van der Waals surface area contributed by atoms with Gasteiger partial charge in [0.05, 0.1) is 35.0 Å². The van der Waals surface area contributed by atoms with Gasteiger partial charge < -0.3 is 10.4 Å². The van der Waals surface area contributed by atoms with E-state index in [-0.39, 0.29) is 5.56 Å². The first-order chi connectivity index (χ1) is 10.6. The Kier molecular flexibility index (Phi) is 3.62. The molecule has 0 spiro atoms. The van der Waals surface area contributed by atoms with Crippen LogP contribution in [0.25, 0.3) is 5.69 Å². The highest BCUT2D eigenvalue weighted by molar-refractivity contribution is 5.95. The molecule has 5 nitrogen and oxygen atoms in total. The summed E-state index contributed by atoms with van der Waals surface area (Å²) in [5, 5.41) is 16.7. The first-order valence-corrected chi connectivity index (χ1v) is 6.84. The first-order valence-electron chi connectivity index (χ1n) is 6.84. The summed E-state index contributed by atoms with van der Waals surface area (Å²) in [6.45, 7) is 1.86.